The van der Waals surface area contributed by atoms with Gasteiger partial charge < -0.3 is 9.53 Å². The lowest BCUT2D eigenvalue weighted by molar-refractivity contribution is -0.00676. The molecule has 0 aliphatic carbocycles. The van der Waals surface area contributed by atoms with E-state index in [1.165, 1.54) is 0 Å². The van der Waals surface area contributed by atoms with Crippen LogP contribution in [-0.4, -0.2) is 25.1 Å². The molecule has 1 saturated heterocycles. The predicted octanol–water partition coefficient (Wildman–Crippen LogP) is 2.53. The summed E-state index contributed by atoms with van der Waals surface area (Å²) < 4.78 is 6.03. The van der Waals surface area contributed by atoms with E-state index in [4.69, 9.17) is 4.43 Å². The maximum atomic E-state index is 10.1. The molecule has 13 heavy (non-hydrogen) atoms. The summed E-state index contributed by atoms with van der Waals surface area (Å²) >= 11 is 0. The number of hydrogen-bond acceptors (Lipinski definition) is 2. The second kappa shape index (κ2) is 3.71. The third kappa shape index (κ3) is 3.41. The fourth-order valence-corrected chi connectivity index (χ4v) is 5.66. The molecule has 0 unspecified atom stereocenters. The molecule has 0 bridgehead atoms. The summed E-state index contributed by atoms with van der Waals surface area (Å²) in [4.78, 5) is 0. The van der Waals surface area contributed by atoms with Gasteiger partial charge in [0.2, 0.25) is 0 Å². The van der Waals surface area contributed by atoms with E-state index >= 15 is 0 Å². The van der Waals surface area contributed by atoms with Gasteiger partial charge in [0.1, 0.15) is 0 Å². The standard InChI is InChI=1S/C10H22O2Si/c1-5-6-9-7-10(2,11)8-13(3,4)12-9/h9,11H,5-8H2,1-4H3/t9-,10-/m0/s1. The molecule has 1 heterocycles. The Bertz CT molecular complexity index is 162. The topological polar surface area (TPSA) is 29.5 Å². The molecule has 0 spiro atoms. The van der Waals surface area contributed by atoms with Crippen LogP contribution in [0.3, 0.4) is 0 Å². The van der Waals surface area contributed by atoms with Crippen molar-refractivity contribution in [3.8, 4) is 0 Å². The highest BCUT2D eigenvalue weighted by atomic mass is 28.4. The first kappa shape index (κ1) is 11.2. The summed E-state index contributed by atoms with van der Waals surface area (Å²) in [5, 5.41) is 10.1. The van der Waals surface area contributed by atoms with Crippen molar-refractivity contribution in [1.82, 2.24) is 0 Å². The SMILES string of the molecule is CCC[C@H]1C[C@](C)(O)C[Si](C)(C)O1. The smallest absolute Gasteiger partial charge is 0.189 e. The Morgan fingerprint density at radius 1 is 1.54 bits per heavy atom. The van der Waals surface area contributed by atoms with Gasteiger partial charge in [0.25, 0.3) is 0 Å². The average molecular weight is 202 g/mol. The van der Waals surface area contributed by atoms with Gasteiger partial charge in [0.05, 0.1) is 5.60 Å². The van der Waals surface area contributed by atoms with Gasteiger partial charge in [-0.1, -0.05) is 13.3 Å². The molecule has 0 aromatic heterocycles. The molecule has 0 aromatic carbocycles. The molecule has 1 rings (SSSR count). The van der Waals surface area contributed by atoms with Gasteiger partial charge in [0, 0.05) is 12.5 Å². The lowest BCUT2D eigenvalue weighted by Gasteiger charge is -2.43. The first-order valence-electron chi connectivity index (χ1n) is 5.25. The number of hydrogen-bond donors (Lipinski definition) is 1. The average Bonchev–Trinajstić information content (AvgIpc) is 1.78. The van der Waals surface area contributed by atoms with Crippen molar-refractivity contribution in [1.29, 1.82) is 0 Å². The van der Waals surface area contributed by atoms with Gasteiger partial charge in [-0.3, -0.25) is 0 Å². The van der Waals surface area contributed by atoms with Gasteiger partial charge in [-0.15, -0.1) is 0 Å². The second-order valence-electron chi connectivity index (χ2n) is 5.17. The molecule has 1 aliphatic rings. The summed E-state index contributed by atoms with van der Waals surface area (Å²) in [5.74, 6) is 0. The van der Waals surface area contributed by atoms with Crippen LogP contribution in [-0.2, 0) is 4.43 Å². The normalized spacial score (nSPS) is 39.0. The minimum absolute atomic E-state index is 0.301. The Labute approximate surface area is 82.4 Å². The lowest BCUT2D eigenvalue weighted by atomic mass is 9.98. The maximum absolute atomic E-state index is 10.1. The molecule has 78 valence electrons. The molecule has 1 fully saturated rings. The van der Waals surface area contributed by atoms with Crippen molar-refractivity contribution < 1.29 is 9.53 Å². The molecule has 0 saturated carbocycles. The lowest BCUT2D eigenvalue weighted by Crippen LogP contribution is -2.50. The predicted molar refractivity (Wildman–Crippen MR) is 57.3 cm³/mol. The fourth-order valence-electron chi connectivity index (χ4n) is 2.50. The zero-order valence-corrected chi connectivity index (χ0v) is 10.3. The molecular weight excluding hydrogens is 180 g/mol. The fraction of sp³-hybridized carbons (Fsp3) is 1.00. The summed E-state index contributed by atoms with van der Waals surface area (Å²) in [6, 6.07) is 0.875. The molecule has 1 N–H and O–H groups in total. The zero-order chi connectivity index (χ0) is 10.1. The van der Waals surface area contributed by atoms with Crippen molar-refractivity contribution in [3.05, 3.63) is 0 Å². The van der Waals surface area contributed by atoms with Crippen LogP contribution in [0.15, 0.2) is 0 Å². The highest BCUT2D eigenvalue weighted by molar-refractivity contribution is 6.71. The quantitative estimate of drug-likeness (QED) is 0.697. The van der Waals surface area contributed by atoms with E-state index in [9.17, 15) is 5.11 Å². The van der Waals surface area contributed by atoms with Gasteiger partial charge in [-0.25, -0.2) is 0 Å². The first-order valence-corrected chi connectivity index (χ1v) is 8.36. The minimum atomic E-state index is -1.58. The molecule has 2 nitrogen and oxygen atoms in total. The van der Waals surface area contributed by atoms with E-state index in [0.717, 1.165) is 25.3 Å². The van der Waals surface area contributed by atoms with Crippen LogP contribution in [0.2, 0.25) is 19.1 Å². The summed E-state index contributed by atoms with van der Waals surface area (Å²) in [6.45, 7) is 8.51. The zero-order valence-electron chi connectivity index (χ0n) is 9.26. The van der Waals surface area contributed by atoms with Crippen molar-refractivity contribution in [2.45, 2.75) is 64.0 Å². The number of rotatable bonds is 2. The van der Waals surface area contributed by atoms with Gasteiger partial charge >= 0.3 is 0 Å². The first-order chi connectivity index (χ1) is 5.85. The van der Waals surface area contributed by atoms with E-state index in [1.54, 1.807) is 0 Å². The highest BCUT2D eigenvalue weighted by Crippen LogP contribution is 2.35. The summed E-state index contributed by atoms with van der Waals surface area (Å²) in [5.41, 5.74) is -0.478. The Morgan fingerprint density at radius 2 is 2.15 bits per heavy atom. The van der Waals surface area contributed by atoms with Crippen molar-refractivity contribution >= 4 is 8.32 Å². The Balaban J connectivity index is 2.61. The largest absolute Gasteiger partial charge is 0.414 e. The van der Waals surface area contributed by atoms with E-state index < -0.39 is 13.9 Å². The molecular formula is C10H22O2Si. The van der Waals surface area contributed by atoms with Gasteiger partial charge in [0.15, 0.2) is 8.32 Å². The maximum Gasteiger partial charge on any atom is 0.189 e. The van der Waals surface area contributed by atoms with Crippen molar-refractivity contribution in [2.24, 2.45) is 0 Å². The third-order valence-electron chi connectivity index (χ3n) is 2.57. The van der Waals surface area contributed by atoms with Crippen molar-refractivity contribution in [3.63, 3.8) is 0 Å². The van der Waals surface area contributed by atoms with Gasteiger partial charge in [-0.05, 0) is 32.5 Å². The van der Waals surface area contributed by atoms with Crippen LogP contribution in [0.1, 0.15) is 33.1 Å². The molecule has 3 heteroatoms. The molecule has 2 atom stereocenters. The summed E-state index contributed by atoms with van der Waals surface area (Å²) in [6.07, 6.45) is 3.35. The van der Waals surface area contributed by atoms with Crippen LogP contribution in [0, 0.1) is 0 Å². The van der Waals surface area contributed by atoms with Crippen LogP contribution in [0.5, 0.6) is 0 Å². The van der Waals surface area contributed by atoms with E-state index in [0.29, 0.717) is 6.10 Å². The minimum Gasteiger partial charge on any atom is -0.414 e. The van der Waals surface area contributed by atoms with Crippen LogP contribution in [0.25, 0.3) is 0 Å². The third-order valence-corrected chi connectivity index (χ3v) is 5.15. The Morgan fingerprint density at radius 3 is 2.62 bits per heavy atom. The highest BCUT2D eigenvalue weighted by Gasteiger charge is 2.41. The van der Waals surface area contributed by atoms with Crippen molar-refractivity contribution in [2.75, 3.05) is 0 Å². The Hall–Kier alpha value is 0.137. The number of aliphatic hydroxyl groups is 1. The van der Waals surface area contributed by atoms with Gasteiger partial charge in [-0.2, -0.15) is 0 Å². The van der Waals surface area contributed by atoms with Crippen LogP contribution >= 0.6 is 0 Å². The van der Waals surface area contributed by atoms with Crippen LogP contribution in [0.4, 0.5) is 0 Å². The monoisotopic (exact) mass is 202 g/mol. The molecule has 0 amide bonds. The summed E-state index contributed by atoms with van der Waals surface area (Å²) in [7, 11) is -1.58. The van der Waals surface area contributed by atoms with E-state index in [-0.39, 0.29) is 0 Å². The van der Waals surface area contributed by atoms with E-state index in [2.05, 4.69) is 20.0 Å². The molecule has 1 aliphatic heterocycles. The van der Waals surface area contributed by atoms with E-state index in [1.807, 2.05) is 6.92 Å². The molecule has 0 aromatic rings. The van der Waals surface area contributed by atoms with Crippen LogP contribution < -0.4 is 0 Å². The Kier molecular flexibility index (Phi) is 3.20. The second-order valence-corrected chi connectivity index (χ2v) is 9.27. The molecule has 0 radical (unpaired) electrons.